The summed E-state index contributed by atoms with van der Waals surface area (Å²) in [5, 5.41) is 3.46. The molecule has 2 rings (SSSR count). The van der Waals surface area contributed by atoms with Gasteiger partial charge in [-0.3, -0.25) is 0 Å². The van der Waals surface area contributed by atoms with E-state index < -0.39 is 0 Å². The van der Waals surface area contributed by atoms with E-state index in [0.717, 1.165) is 24.8 Å². The number of aromatic nitrogens is 1. The van der Waals surface area contributed by atoms with Crippen molar-refractivity contribution in [2.75, 3.05) is 18.5 Å². The lowest BCUT2D eigenvalue weighted by atomic mass is 9.89. The molecule has 0 radical (unpaired) electrons. The predicted octanol–water partition coefficient (Wildman–Crippen LogP) is 3.60. The van der Waals surface area contributed by atoms with Crippen molar-refractivity contribution in [1.82, 2.24) is 10.3 Å². The Balaban J connectivity index is 1.91. The Morgan fingerprint density at radius 3 is 2.75 bits per heavy atom. The zero-order valence-electron chi connectivity index (χ0n) is 13.2. The van der Waals surface area contributed by atoms with Crippen LogP contribution in [0.15, 0.2) is 18.3 Å². The molecule has 1 aromatic heterocycles. The fraction of sp³-hybridized carbons (Fsp3) is 0.706. The van der Waals surface area contributed by atoms with Crippen LogP contribution < -0.4 is 10.2 Å². The van der Waals surface area contributed by atoms with Gasteiger partial charge in [0, 0.05) is 32.4 Å². The molecule has 0 aromatic carbocycles. The maximum Gasteiger partial charge on any atom is 0.128 e. The second-order valence-electron chi connectivity index (χ2n) is 6.44. The zero-order chi connectivity index (χ0) is 14.4. The Hall–Kier alpha value is -1.09. The molecule has 0 saturated heterocycles. The molecular weight excluding hydrogens is 246 g/mol. The summed E-state index contributed by atoms with van der Waals surface area (Å²) in [5.74, 6) is 1.96. The average molecular weight is 275 g/mol. The van der Waals surface area contributed by atoms with E-state index in [1.165, 1.54) is 37.7 Å². The zero-order valence-corrected chi connectivity index (χ0v) is 13.2. The lowest BCUT2D eigenvalue weighted by Gasteiger charge is -2.28. The number of nitrogens with one attached hydrogen (secondary N) is 1. The van der Waals surface area contributed by atoms with Crippen molar-refractivity contribution in [3.8, 4) is 0 Å². The minimum absolute atomic E-state index is 0.520. The number of anilines is 1. The van der Waals surface area contributed by atoms with Crippen LogP contribution in [-0.4, -0.2) is 24.6 Å². The van der Waals surface area contributed by atoms with Gasteiger partial charge in [0.15, 0.2) is 0 Å². The van der Waals surface area contributed by atoms with Crippen LogP contribution in [-0.2, 0) is 6.54 Å². The van der Waals surface area contributed by atoms with E-state index >= 15 is 0 Å². The number of nitrogens with zero attached hydrogens (tertiary/aromatic N) is 2. The topological polar surface area (TPSA) is 28.2 Å². The van der Waals surface area contributed by atoms with Crippen molar-refractivity contribution in [2.24, 2.45) is 5.92 Å². The minimum atomic E-state index is 0.520. The van der Waals surface area contributed by atoms with Crippen molar-refractivity contribution in [1.29, 1.82) is 0 Å². The van der Waals surface area contributed by atoms with Crippen LogP contribution in [0.1, 0.15) is 51.5 Å². The molecule has 20 heavy (non-hydrogen) atoms. The van der Waals surface area contributed by atoms with E-state index in [2.05, 4.69) is 48.2 Å². The maximum atomic E-state index is 4.53. The lowest BCUT2D eigenvalue weighted by Crippen LogP contribution is -2.28. The Morgan fingerprint density at radius 2 is 2.05 bits per heavy atom. The van der Waals surface area contributed by atoms with Gasteiger partial charge in [0.25, 0.3) is 0 Å². The highest BCUT2D eigenvalue weighted by Crippen LogP contribution is 2.25. The molecule has 1 heterocycles. The van der Waals surface area contributed by atoms with Gasteiger partial charge in [0.1, 0.15) is 5.82 Å². The largest absolute Gasteiger partial charge is 0.359 e. The summed E-state index contributed by atoms with van der Waals surface area (Å²) in [6, 6.07) is 4.84. The minimum Gasteiger partial charge on any atom is -0.359 e. The average Bonchev–Trinajstić information content (AvgIpc) is 2.46. The van der Waals surface area contributed by atoms with Gasteiger partial charge in [-0.2, -0.15) is 0 Å². The third kappa shape index (κ3) is 4.78. The highest BCUT2D eigenvalue weighted by molar-refractivity contribution is 5.40. The molecule has 112 valence electrons. The number of hydrogen-bond donors (Lipinski definition) is 1. The molecule has 1 aliphatic rings. The van der Waals surface area contributed by atoms with Crippen LogP contribution in [0.5, 0.6) is 0 Å². The summed E-state index contributed by atoms with van der Waals surface area (Å²) < 4.78 is 0. The van der Waals surface area contributed by atoms with E-state index in [-0.39, 0.29) is 0 Å². The third-order valence-corrected chi connectivity index (χ3v) is 4.17. The molecule has 3 nitrogen and oxygen atoms in total. The lowest BCUT2D eigenvalue weighted by molar-refractivity contribution is 0.361. The molecule has 0 amide bonds. The first-order valence-corrected chi connectivity index (χ1v) is 8.04. The van der Waals surface area contributed by atoms with Crippen LogP contribution >= 0.6 is 0 Å². The van der Waals surface area contributed by atoms with E-state index in [0.29, 0.717) is 6.04 Å². The molecule has 0 unspecified atom stereocenters. The van der Waals surface area contributed by atoms with Crippen LogP contribution in [0.25, 0.3) is 0 Å². The quantitative estimate of drug-likeness (QED) is 0.860. The Labute approximate surface area is 123 Å². The van der Waals surface area contributed by atoms with Gasteiger partial charge < -0.3 is 10.2 Å². The smallest absolute Gasteiger partial charge is 0.128 e. The molecule has 0 atom stereocenters. The fourth-order valence-electron chi connectivity index (χ4n) is 2.95. The van der Waals surface area contributed by atoms with E-state index in [9.17, 15) is 0 Å². The molecule has 0 aliphatic heterocycles. The number of pyridine rings is 1. The van der Waals surface area contributed by atoms with Gasteiger partial charge >= 0.3 is 0 Å². The maximum absolute atomic E-state index is 4.53. The Bertz CT molecular complexity index is 397. The monoisotopic (exact) mass is 275 g/mol. The van der Waals surface area contributed by atoms with Gasteiger partial charge in [-0.15, -0.1) is 0 Å². The Kier molecular flexibility index (Phi) is 5.84. The fourth-order valence-corrected chi connectivity index (χ4v) is 2.95. The summed E-state index contributed by atoms with van der Waals surface area (Å²) >= 11 is 0. The molecule has 0 bridgehead atoms. The second-order valence-corrected chi connectivity index (χ2v) is 6.44. The molecule has 1 saturated carbocycles. The van der Waals surface area contributed by atoms with Crippen LogP contribution in [0, 0.1) is 5.92 Å². The standard InChI is InChI=1S/C17H29N3/c1-14(2)19-12-16-9-10-18-17(11-16)20(3)13-15-7-5-4-6-8-15/h9-11,14-15,19H,4-8,12-13H2,1-3H3. The van der Waals surface area contributed by atoms with E-state index in [1.54, 1.807) is 0 Å². The van der Waals surface area contributed by atoms with Crippen molar-refractivity contribution in [3.63, 3.8) is 0 Å². The molecular formula is C17H29N3. The number of hydrogen-bond acceptors (Lipinski definition) is 3. The van der Waals surface area contributed by atoms with Crippen molar-refractivity contribution < 1.29 is 0 Å². The van der Waals surface area contributed by atoms with E-state index in [4.69, 9.17) is 0 Å². The summed E-state index contributed by atoms with van der Waals surface area (Å²) in [5.41, 5.74) is 1.32. The van der Waals surface area contributed by atoms with Gasteiger partial charge in [-0.1, -0.05) is 33.1 Å². The molecule has 1 aromatic rings. The van der Waals surface area contributed by atoms with Crippen molar-refractivity contribution in [3.05, 3.63) is 23.9 Å². The van der Waals surface area contributed by atoms with Gasteiger partial charge in [0.2, 0.25) is 0 Å². The summed E-state index contributed by atoms with van der Waals surface area (Å²) in [6.07, 6.45) is 8.95. The van der Waals surface area contributed by atoms with Crippen molar-refractivity contribution >= 4 is 5.82 Å². The normalized spacial score (nSPS) is 16.6. The predicted molar refractivity (Wildman–Crippen MR) is 86.1 cm³/mol. The first-order chi connectivity index (χ1) is 9.65. The first-order valence-electron chi connectivity index (χ1n) is 8.04. The SMILES string of the molecule is CC(C)NCc1ccnc(N(C)CC2CCCCC2)c1. The Morgan fingerprint density at radius 1 is 1.30 bits per heavy atom. The van der Waals surface area contributed by atoms with Gasteiger partial charge in [0.05, 0.1) is 0 Å². The van der Waals surface area contributed by atoms with Gasteiger partial charge in [-0.05, 0) is 36.5 Å². The second kappa shape index (κ2) is 7.63. The van der Waals surface area contributed by atoms with Crippen LogP contribution in [0.3, 0.4) is 0 Å². The van der Waals surface area contributed by atoms with E-state index in [1.807, 2.05) is 6.20 Å². The highest BCUT2D eigenvalue weighted by Gasteiger charge is 2.16. The molecule has 1 aliphatic carbocycles. The summed E-state index contributed by atoms with van der Waals surface area (Å²) in [7, 11) is 2.18. The van der Waals surface area contributed by atoms with Crippen molar-refractivity contribution in [2.45, 2.75) is 58.5 Å². The number of rotatable bonds is 6. The molecule has 3 heteroatoms. The first kappa shape index (κ1) is 15.3. The summed E-state index contributed by atoms with van der Waals surface area (Å²) in [4.78, 5) is 6.86. The van der Waals surface area contributed by atoms with Crippen LogP contribution in [0.2, 0.25) is 0 Å². The molecule has 0 spiro atoms. The van der Waals surface area contributed by atoms with Gasteiger partial charge in [-0.25, -0.2) is 4.98 Å². The molecule has 1 N–H and O–H groups in total. The molecule has 1 fully saturated rings. The van der Waals surface area contributed by atoms with Crippen LogP contribution in [0.4, 0.5) is 5.82 Å². The summed E-state index contributed by atoms with van der Waals surface area (Å²) in [6.45, 7) is 6.42. The highest BCUT2D eigenvalue weighted by atomic mass is 15.2. The third-order valence-electron chi connectivity index (χ3n) is 4.17.